The van der Waals surface area contributed by atoms with Crippen LogP contribution in [0.1, 0.15) is 36.8 Å². The molecule has 12 heteroatoms. The zero-order valence-electron chi connectivity index (χ0n) is 17.8. The van der Waals surface area contributed by atoms with Gasteiger partial charge in [-0.25, -0.2) is 9.78 Å². The fourth-order valence-corrected chi connectivity index (χ4v) is 5.05. The average Bonchev–Trinajstić information content (AvgIpc) is 3.06. The number of carbonyl (C=O) groups excluding carboxylic acids is 1. The van der Waals surface area contributed by atoms with Gasteiger partial charge in [-0.2, -0.15) is 8.42 Å². The summed E-state index contributed by atoms with van der Waals surface area (Å²) in [6.07, 6.45) is -1.02. The maximum atomic E-state index is 13.5. The molecular formula is C21H22Cl2N4O5S. The summed E-state index contributed by atoms with van der Waals surface area (Å²) in [4.78, 5) is 15.6. The Morgan fingerprint density at radius 3 is 2.36 bits per heavy atom. The van der Waals surface area contributed by atoms with E-state index in [4.69, 9.17) is 43.6 Å². The van der Waals surface area contributed by atoms with Crippen molar-refractivity contribution in [2.75, 3.05) is 5.73 Å². The molecule has 0 aliphatic carbocycles. The number of nitrogens with zero attached hydrogens (tertiary/aromatic N) is 2. The summed E-state index contributed by atoms with van der Waals surface area (Å²) in [5.41, 5.74) is 12.5. The molecule has 9 nitrogen and oxygen atoms in total. The van der Waals surface area contributed by atoms with Gasteiger partial charge >= 0.3 is 16.2 Å². The number of amides is 1. The van der Waals surface area contributed by atoms with E-state index < -0.39 is 16.2 Å². The zero-order chi connectivity index (χ0) is 24.3. The number of imidazole rings is 1. The standard InChI is InChI=1S/C21H22Cl2N4O5S/c1-12(2)19-20(33(29,30)32-16-8-14(22)7-15(23)9-16)27(18(26-19)11-31-21(25)28)10-13-5-3-4-6-17(13)24/h3-9,12H,10-11,24H2,1-2H3,(H2,25,28). The van der Waals surface area contributed by atoms with Crippen LogP contribution >= 0.6 is 23.2 Å². The van der Waals surface area contributed by atoms with E-state index in [0.29, 0.717) is 11.3 Å². The van der Waals surface area contributed by atoms with Crippen LogP contribution in [0.5, 0.6) is 5.75 Å². The second-order valence-corrected chi connectivity index (χ2v) is 9.74. The molecule has 33 heavy (non-hydrogen) atoms. The number of hydrogen-bond donors (Lipinski definition) is 2. The molecule has 0 spiro atoms. The van der Waals surface area contributed by atoms with Crippen LogP contribution in [-0.4, -0.2) is 24.1 Å². The second-order valence-electron chi connectivity index (χ2n) is 7.41. The van der Waals surface area contributed by atoms with Crippen molar-refractivity contribution in [2.45, 2.75) is 37.9 Å². The van der Waals surface area contributed by atoms with Gasteiger partial charge in [0.05, 0.1) is 12.2 Å². The molecular weight excluding hydrogens is 491 g/mol. The molecule has 0 fully saturated rings. The van der Waals surface area contributed by atoms with Crippen LogP contribution in [0, 0.1) is 0 Å². The van der Waals surface area contributed by atoms with Crippen LogP contribution in [0.25, 0.3) is 0 Å². The number of primary amides is 1. The highest BCUT2D eigenvalue weighted by molar-refractivity contribution is 7.87. The Morgan fingerprint density at radius 2 is 1.79 bits per heavy atom. The number of rotatable bonds is 8. The number of hydrogen-bond acceptors (Lipinski definition) is 7. The number of halogens is 2. The monoisotopic (exact) mass is 512 g/mol. The van der Waals surface area contributed by atoms with Gasteiger partial charge in [-0.05, 0) is 23.6 Å². The van der Waals surface area contributed by atoms with E-state index in [-0.39, 0.29) is 51.4 Å². The van der Waals surface area contributed by atoms with Crippen LogP contribution in [0.4, 0.5) is 10.5 Å². The highest BCUT2D eigenvalue weighted by atomic mass is 35.5. The Balaban J connectivity index is 2.18. The summed E-state index contributed by atoms with van der Waals surface area (Å²) in [6.45, 7) is 3.23. The van der Waals surface area contributed by atoms with E-state index in [1.54, 1.807) is 38.1 Å². The lowest BCUT2D eigenvalue weighted by molar-refractivity contribution is 0.145. The van der Waals surface area contributed by atoms with Gasteiger partial charge in [0.2, 0.25) is 0 Å². The Labute approximate surface area is 201 Å². The largest absolute Gasteiger partial charge is 0.442 e. The molecule has 0 saturated carbocycles. The smallest absolute Gasteiger partial charge is 0.404 e. The molecule has 0 aliphatic heterocycles. The van der Waals surface area contributed by atoms with E-state index in [1.165, 1.54) is 22.8 Å². The van der Waals surface area contributed by atoms with Crippen molar-refractivity contribution >= 4 is 45.1 Å². The fourth-order valence-electron chi connectivity index (χ4n) is 3.14. The predicted octanol–water partition coefficient (Wildman–Crippen LogP) is 4.31. The molecule has 1 aromatic heterocycles. The van der Waals surface area contributed by atoms with Crippen LogP contribution in [-0.2, 0) is 28.0 Å². The third-order valence-corrected chi connectivity index (χ3v) is 6.33. The number of benzene rings is 2. The van der Waals surface area contributed by atoms with Gasteiger partial charge in [0.1, 0.15) is 11.6 Å². The maximum absolute atomic E-state index is 13.5. The Bertz CT molecular complexity index is 1270. The lowest BCUT2D eigenvalue weighted by atomic mass is 10.1. The second kappa shape index (κ2) is 9.90. The Morgan fingerprint density at radius 1 is 1.15 bits per heavy atom. The van der Waals surface area contributed by atoms with Gasteiger partial charge in [0.25, 0.3) is 0 Å². The number of para-hydroxylation sites is 1. The average molecular weight is 513 g/mol. The predicted molar refractivity (Wildman–Crippen MR) is 125 cm³/mol. The Kier molecular flexibility index (Phi) is 7.41. The molecule has 0 unspecified atom stereocenters. The molecule has 3 rings (SSSR count). The molecule has 1 amide bonds. The normalized spacial score (nSPS) is 11.5. The maximum Gasteiger partial charge on any atom is 0.404 e. The van der Waals surface area contributed by atoms with Gasteiger partial charge in [-0.1, -0.05) is 55.2 Å². The molecule has 4 N–H and O–H groups in total. The lowest BCUT2D eigenvalue weighted by Gasteiger charge is -2.15. The summed E-state index contributed by atoms with van der Waals surface area (Å²) in [5, 5.41) is 0.204. The van der Waals surface area contributed by atoms with E-state index in [1.807, 2.05) is 0 Å². The molecule has 0 aliphatic rings. The quantitative estimate of drug-likeness (QED) is 0.338. The SMILES string of the molecule is CC(C)c1nc(COC(N)=O)n(Cc2ccccc2N)c1S(=O)(=O)Oc1cc(Cl)cc(Cl)c1. The van der Waals surface area contributed by atoms with Gasteiger partial charge in [0.15, 0.2) is 11.6 Å². The van der Waals surface area contributed by atoms with Gasteiger partial charge in [0, 0.05) is 27.9 Å². The van der Waals surface area contributed by atoms with E-state index in [0.717, 1.165) is 0 Å². The number of anilines is 1. The van der Waals surface area contributed by atoms with Crippen molar-refractivity contribution in [2.24, 2.45) is 5.73 Å². The van der Waals surface area contributed by atoms with Crippen molar-refractivity contribution in [3.8, 4) is 5.75 Å². The number of aromatic nitrogens is 2. The van der Waals surface area contributed by atoms with Gasteiger partial charge in [-0.3, -0.25) is 0 Å². The summed E-state index contributed by atoms with van der Waals surface area (Å²) in [5.74, 6) is -0.223. The zero-order valence-corrected chi connectivity index (χ0v) is 20.1. The minimum Gasteiger partial charge on any atom is -0.442 e. The molecule has 0 saturated heterocycles. The molecule has 2 aromatic carbocycles. The summed E-state index contributed by atoms with van der Waals surface area (Å²) in [6, 6.07) is 11.1. The third kappa shape index (κ3) is 5.89. The van der Waals surface area contributed by atoms with E-state index in [9.17, 15) is 13.2 Å². The molecule has 0 bridgehead atoms. The van der Waals surface area contributed by atoms with Gasteiger partial charge in [-0.15, -0.1) is 0 Å². The summed E-state index contributed by atoms with van der Waals surface area (Å²) in [7, 11) is -4.43. The van der Waals surface area contributed by atoms with Crippen LogP contribution in [0.15, 0.2) is 47.5 Å². The highest BCUT2D eigenvalue weighted by Gasteiger charge is 2.32. The molecule has 0 radical (unpaired) electrons. The molecule has 176 valence electrons. The van der Waals surface area contributed by atoms with E-state index >= 15 is 0 Å². The van der Waals surface area contributed by atoms with Crippen LogP contribution < -0.4 is 15.7 Å². The van der Waals surface area contributed by atoms with Crippen LogP contribution in [0.2, 0.25) is 10.0 Å². The minimum absolute atomic E-state index is 0.0259. The summed E-state index contributed by atoms with van der Waals surface area (Å²) < 4.78 is 38.6. The van der Waals surface area contributed by atoms with Crippen molar-refractivity contribution < 1.29 is 22.1 Å². The van der Waals surface area contributed by atoms with Crippen molar-refractivity contribution in [3.05, 3.63) is 69.6 Å². The van der Waals surface area contributed by atoms with Crippen molar-refractivity contribution in [1.29, 1.82) is 0 Å². The first-order valence-electron chi connectivity index (χ1n) is 9.73. The first-order chi connectivity index (χ1) is 15.5. The molecule has 3 aromatic rings. The highest BCUT2D eigenvalue weighted by Crippen LogP contribution is 2.31. The number of carbonyl (C=O) groups is 1. The first-order valence-corrected chi connectivity index (χ1v) is 11.9. The topological polar surface area (TPSA) is 140 Å². The van der Waals surface area contributed by atoms with Crippen molar-refractivity contribution in [1.82, 2.24) is 9.55 Å². The van der Waals surface area contributed by atoms with Gasteiger partial charge < -0.3 is 25.0 Å². The summed E-state index contributed by atoms with van der Waals surface area (Å²) >= 11 is 12.0. The third-order valence-electron chi connectivity index (χ3n) is 4.58. The number of nitrogens with two attached hydrogens (primary N) is 2. The van der Waals surface area contributed by atoms with Crippen molar-refractivity contribution in [3.63, 3.8) is 0 Å². The molecule has 0 atom stereocenters. The molecule has 1 heterocycles. The lowest BCUT2D eigenvalue weighted by Crippen LogP contribution is -2.20. The Hall–Kier alpha value is -2.95. The van der Waals surface area contributed by atoms with Crippen LogP contribution in [0.3, 0.4) is 0 Å². The minimum atomic E-state index is -4.43. The fraction of sp³-hybridized carbons (Fsp3) is 0.238. The number of nitrogen functional groups attached to an aromatic ring is 1. The first kappa shape index (κ1) is 24.7. The van der Waals surface area contributed by atoms with E-state index in [2.05, 4.69) is 4.98 Å². The number of ether oxygens (including phenoxy) is 1.